The van der Waals surface area contributed by atoms with Gasteiger partial charge in [0.1, 0.15) is 18.9 Å². The van der Waals surface area contributed by atoms with Crippen LogP contribution in [0, 0.1) is 0 Å². The fourth-order valence-corrected chi connectivity index (χ4v) is 1.87. The summed E-state index contributed by atoms with van der Waals surface area (Å²) >= 11 is 0. The van der Waals surface area contributed by atoms with E-state index in [0.29, 0.717) is 12.8 Å². The lowest BCUT2D eigenvalue weighted by Gasteiger charge is -2.34. The summed E-state index contributed by atoms with van der Waals surface area (Å²) in [7, 11) is 0. The fraction of sp³-hybridized carbons (Fsp3) is 0.750. The number of hydrogen-bond donors (Lipinski definition) is 2. The highest BCUT2D eigenvalue weighted by atomic mass is 16.6. The second kappa shape index (κ2) is 15.7. The van der Waals surface area contributed by atoms with Crippen molar-refractivity contribution in [3.63, 3.8) is 0 Å². The Morgan fingerprint density at radius 3 is 2.12 bits per heavy atom. The summed E-state index contributed by atoms with van der Waals surface area (Å²) in [5.74, 6) is 0. The van der Waals surface area contributed by atoms with Crippen LogP contribution in [-0.2, 0) is 28.6 Å². The van der Waals surface area contributed by atoms with Crippen LogP contribution in [0.4, 0.5) is 4.79 Å². The summed E-state index contributed by atoms with van der Waals surface area (Å²) in [5, 5.41) is 5.31. The normalized spacial score (nSPS) is 12.8. The summed E-state index contributed by atoms with van der Waals surface area (Å²) in [4.78, 5) is 43.2. The number of aldehydes is 3. The van der Waals surface area contributed by atoms with Crippen molar-refractivity contribution in [1.29, 1.82) is 0 Å². The smallest absolute Gasteiger partial charge is 0.317 e. The zero-order valence-electron chi connectivity index (χ0n) is 14.7. The van der Waals surface area contributed by atoms with Gasteiger partial charge in [0.15, 0.2) is 5.72 Å². The van der Waals surface area contributed by atoms with E-state index in [4.69, 9.17) is 14.2 Å². The number of hydrogen-bond acceptors (Lipinski definition) is 7. The van der Waals surface area contributed by atoms with Gasteiger partial charge in [-0.1, -0.05) is 0 Å². The maximum Gasteiger partial charge on any atom is 0.317 e. The first-order chi connectivity index (χ1) is 12.1. The van der Waals surface area contributed by atoms with Gasteiger partial charge >= 0.3 is 6.03 Å². The largest absolute Gasteiger partial charge is 0.381 e. The summed E-state index contributed by atoms with van der Waals surface area (Å²) < 4.78 is 16.5. The van der Waals surface area contributed by atoms with Gasteiger partial charge in [-0.05, 0) is 6.92 Å². The average Bonchev–Trinajstić information content (AvgIpc) is 2.59. The molecule has 0 aromatic heterocycles. The first kappa shape index (κ1) is 23.2. The van der Waals surface area contributed by atoms with Crippen molar-refractivity contribution in [2.75, 3.05) is 39.6 Å². The molecule has 0 heterocycles. The number of rotatable bonds is 17. The molecule has 0 aliphatic rings. The van der Waals surface area contributed by atoms with E-state index >= 15 is 0 Å². The first-order valence-corrected chi connectivity index (χ1v) is 8.30. The van der Waals surface area contributed by atoms with Crippen LogP contribution in [0.25, 0.3) is 0 Å². The van der Waals surface area contributed by atoms with Crippen LogP contribution in [0.15, 0.2) is 0 Å². The van der Waals surface area contributed by atoms with Gasteiger partial charge in [0.25, 0.3) is 0 Å². The van der Waals surface area contributed by atoms with Gasteiger partial charge < -0.3 is 39.2 Å². The summed E-state index contributed by atoms with van der Waals surface area (Å²) in [6, 6.07) is -0.444. The van der Waals surface area contributed by atoms with Gasteiger partial charge in [-0.3, -0.25) is 0 Å². The lowest BCUT2D eigenvalue weighted by molar-refractivity contribution is -0.131. The molecule has 9 heteroatoms. The number of carbonyl (C=O) groups excluding carboxylic acids is 4. The molecule has 0 saturated heterocycles. The number of ether oxygens (including phenoxy) is 3. The molecule has 0 aliphatic heterocycles. The second-order valence-electron chi connectivity index (χ2n) is 5.11. The maximum absolute atomic E-state index is 11.9. The van der Waals surface area contributed by atoms with Gasteiger partial charge in [-0.15, -0.1) is 0 Å². The Labute approximate surface area is 147 Å². The fourth-order valence-electron chi connectivity index (χ4n) is 1.87. The minimum Gasteiger partial charge on any atom is -0.381 e. The molecule has 2 amide bonds. The number of urea groups is 1. The minimum atomic E-state index is -1.20. The number of nitrogens with one attached hydrogen (secondary N) is 2. The van der Waals surface area contributed by atoms with Gasteiger partial charge in [0.2, 0.25) is 0 Å². The number of amides is 2. The second-order valence-corrected chi connectivity index (χ2v) is 5.11. The molecule has 0 aromatic rings. The lowest BCUT2D eigenvalue weighted by atomic mass is 10.1. The molecular weight excluding hydrogens is 332 g/mol. The lowest BCUT2D eigenvalue weighted by Crippen LogP contribution is -2.57. The highest BCUT2D eigenvalue weighted by Crippen LogP contribution is 2.15. The van der Waals surface area contributed by atoms with E-state index in [1.54, 1.807) is 6.92 Å². The minimum absolute atomic E-state index is 0.00608. The van der Waals surface area contributed by atoms with Crippen LogP contribution >= 0.6 is 0 Å². The van der Waals surface area contributed by atoms with Crippen molar-refractivity contribution in [1.82, 2.24) is 10.6 Å². The topological polar surface area (TPSA) is 120 Å². The summed E-state index contributed by atoms with van der Waals surface area (Å²) in [6.07, 6.45) is 3.12. The monoisotopic (exact) mass is 360 g/mol. The highest BCUT2D eigenvalue weighted by Gasteiger charge is 2.33. The molecule has 0 saturated carbocycles. The molecule has 25 heavy (non-hydrogen) atoms. The summed E-state index contributed by atoms with van der Waals surface area (Å²) in [5.41, 5.74) is -1.20. The van der Waals surface area contributed by atoms with Crippen molar-refractivity contribution in [3.05, 3.63) is 0 Å². The van der Waals surface area contributed by atoms with Gasteiger partial charge in [0, 0.05) is 32.2 Å². The van der Waals surface area contributed by atoms with Crippen LogP contribution in [0.3, 0.4) is 0 Å². The molecule has 0 radical (unpaired) electrons. The van der Waals surface area contributed by atoms with Crippen molar-refractivity contribution >= 4 is 24.9 Å². The Hall–Kier alpha value is -1.84. The number of carbonyl (C=O) groups is 4. The average molecular weight is 360 g/mol. The van der Waals surface area contributed by atoms with Gasteiger partial charge in [-0.25, -0.2) is 4.79 Å². The third kappa shape index (κ3) is 12.2. The van der Waals surface area contributed by atoms with E-state index in [9.17, 15) is 19.2 Å². The Morgan fingerprint density at radius 1 is 0.920 bits per heavy atom. The SMILES string of the molecule is CCNC(=O)NC(CCOCCC=O)(COCCC=O)OCCC=O. The van der Waals surface area contributed by atoms with E-state index in [-0.39, 0.29) is 58.7 Å². The molecule has 0 aromatic carbocycles. The quantitative estimate of drug-likeness (QED) is 0.216. The molecule has 1 unspecified atom stereocenters. The molecule has 0 rings (SSSR count). The molecule has 144 valence electrons. The Morgan fingerprint density at radius 2 is 1.52 bits per heavy atom. The van der Waals surface area contributed by atoms with Crippen LogP contribution in [0.1, 0.15) is 32.6 Å². The molecule has 0 aliphatic carbocycles. The zero-order valence-corrected chi connectivity index (χ0v) is 14.7. The van der Waals surface area contributed by atoms with Crippen molar-refractivity contribution in [2.45, 2.75) is 38.3 Å². The standard InChI is InChI=1S/C16H28N2O7/c1-2-17-15(22)18-16(25-12-5-9-21,14-24-11-4-8-20)6-13-23-10-3-7-19/h7-9H,2-6,10-14H2,1H3,(H2,17,18,22). The molecule has 2 N–H and O–H groups in total. The molecule has 0 spiro atoms. The van der Waals surface area contributed by atoms with Crippen molar-refractivity contribution in [2.24, 2.45) is 0 Å². The first-order valence-electron chi connectivity index (χ1n) is 8.30. The Balaban J connectivity index is 4.86. The van der Waals surface area contributed by atoms with E-state index < -0.39 is 11.8 Å². The highest BCUT2D eigenvalue weighted by molar-refractivity contribution is 5.74. The van der Waals surface area contributed by atoms with Gasteiger partial charge in [-0.2, -0.15) is 0 Å². The molecule has 1 atom stereocenters. The molecule has 9 nitrogen and oxygen atoms in total. The van der Waals surface area contributed by atoms with E-state index in [0.717, 1.165) is 12.6 Å². The predicted molar refractivity (Wildman–Crippen MR) is 89.2 cm³/mol. The summed E-state index contributed by atoms with van der Waals surface area (Å²) in [6.45, 7) is 2.97. The van der Waals surface area contributed by atoms with Crippen LogP contribution in [0.5, 0.6) is 0 Å². The van der Waals surface area contributed by atoms with E-state index in [2.05, 4.69) is 10.6 Å². The van der Waals surface area contributed by atoms with Crippen LogP contribution in [-0.4, -0.2) is 70.2 Å². The van der Waals surface area contributed by atoms with Crippen LogP contribution in [0.2, 0.25) is 0 Å². The van der Waals surface area contributed by atoms with Crippen molar-refractivity contribution < 1.29 is 33.4 Å². The van der Waals surface area contributed by atoms with Gasteiger partial charge in [0.05, 0.1) is 33.0 Å². The maximum atomic E-state index is 11.9. The van der Waals surface area contributed by atoms with Crippen LogP contribution < -0.4 is 10.6 Å². The predicted octanol–water partition coefficient (Wildman–Crippen LogP) is 0.209. The third-order valence-electron chi connectivity index (χ3n) is 3.04. The molecule has 0 fully saturated rings. The Bertz CT molecular complexity index is 393. The van der Waals surface area contributed by atoms with Crippen molar-refractivity contribution in [3.8, 4) is 0 Å². The zero-order chi connectivity index (χ0) is 18.8. The van der Waals surface area contributed by atoms with E-state index in [1.165, 1.54) is 0 Å². The molecular formula is C16H28N2O7. The van der Waals surface area contributed by atoms with E-state index in [1.807, 2.05) is 0 Å². The molecule has 0 bridgehead atoms. The third-order valence-corrected chi connectivity index (χ3v) is 3.04. The Kier molecular flexibility index (Phi) is 14.5.